The Hall–Kier alpha value is -1.00. The molecule has 2 rings (SSSR count). The Balaban J connectivity index is 2.01. The zero-order valence-corrected chi connectivity index (χ0v) is 10.8. The molecule has 1 aliphatic rings. The smallest absolute Gasteiger partial charge is 0.125 e. The van der Waals surface area contributed by atoms with Crippen LogP contribution in [0, 0.1) is 12.8 Å². The van der Waals surface area contributed by atoms with Crippen molar-refractivity contribution in [3.8, 4) is 0 Å². The standard InChI is InChI=1S/C13H22N4/c1-10-3-4-12(7-14)8-17(10)9-13-5-6-15-11(2)16-13/h5-6,10,12H,3-4,7-9,14H2,1-2H3. The normalized spacial score (nSPS) is 26.1. The predicted molar refractivity (Wildman–Crippen MR) is 68.4 cm³/mol. The highest BCUT2D eigenvalue weighted by molar-refractivity contribution is 5.02. The van der Waals surface area contributed by atoms with E-state index in [0.717, 1.165) is 31.2 Å². The number of hydrogen-bond acceptors (Lipinski definition) is 4. The Morgan fingerprint density at radius 2 is 2.29 bits per heavy atom. The summed E-state index contributed by atoms with van der Waals surface area (Å²) in [6.45, 7) is 7.04. The van der Waals surface area contributed by atoms with Gasteiger partial charge in [0, 0.05) is 25.3 Å². The van der Waals surface area contributed by atoms with Crippen molar-refractivity contribution in [1.82, 2.24) is 14.9 Å². The second-order valence-corrected chi connectivity index (χ2v) is 5.05. The van der Waals surface area contributed by atoms with E-state index in [0.29, 0.717) is 12.0 Å². The summed E-state index contributed by atoms with van der Waals surface area (Å²) >= 11 is 0. The molecule has 0 amide bonds. The molecule has 2 unspecified atom stereocenters. The molecular formula is C13H22N4. The molecule has 94 valence electrons. The van der Waals surface area contributed by atoms with Gasteiger partial charge in [-0.3, -0.25) is 4.90 Å². The molecule has 0 spiro atoms. The first kappa shape index (κ1) is 12.5. The zero-order valence-electron chi connectivity index (χ0n) is 10.8. The molecule has 0 aromatic carbocycles. The summed E-state index contributed by atoms with van der Waals surface area (Å²) in [5.74, 6) is 1.50. The molecule has 2 atom stereocenters. The molecule has 17 heavy (non-hydrogen) atoms. The van der Waals surface area contributed by atoms with Gasteiger partial charge in [-0.15, -0.1) is 0 Å². The van der Waals surface area contributed by atoms with E-state index in [9.17, 15) is 0 Å². The van der Waals surface area contributed by atoms with Crippen molar-refractivity contribution in [2.45, 2.75) is 39.3 Å². The van der Waals surface area contributed by atoms with E-state index in [2.05, 4.69) is 21.8 Å². The van der Waals surface area contributed by atoms with Crippen LogP contribution in [0.3, 0.4) is 0 Å². The minimum absolute atomic E-state index is 0.632. The fourth-order valence-electron chi connectivity index (χ4n) is 2.48. The highest BCUT2D eigenvalue weighted by atomic mass is 15.2. The van der Waals surface area contributed by atoms with Gasteiger partial charge in [-0.1, -0.05) is 0 Å². The van der Waals surface area contributed by atoms with Crippen LogP contribution in [-0.4, -0.2) is 34.0 Å². The van der Waals surface area contributed by atoms with E-state index in [4.69, 9.17) is 5.73 Å². The molecule has 2 heterocycles. The average molecular weight is 234 g/mol. The highest BCUT2D eigenvalue weighted by Gasteiger charge is 2.24. The van der Waals surface area contributed by atoms with Gasteiger partial charge in [0.1, 0.15) is 5.82 Å². The number of nitrogens with two attached hydrogens (primary N) is 1. The van der Waals surface area contributed by atoms with Crippen molar-refractivity contribution < 1.29 is 0 Å². The lowest BCUT2D eigenvalue weighted by Crippen LogP contribution is -2.43. The second-order valence-electron chi connectivity index (χ2n) is 5.05. The summed E-state index contributed by atoms with van der Waals surface area (Å²) in [7, 11) is 0. The molecule has 4 heteroatoms. The maximum absolute atomic E-state index is 5.78. The topological polar surface area (TPSA) is 55.0 Å². The summed E-state index contributed by atoms with van der Waals surface area (Å²) in [6, 6.07) is 2.64. The van der Waals surface area contributed by atoms with Gasteiger partial charge in [0.25, 0.3) is 0 Å². The fraction of sp³-hybridized carbons (Fsp3) is 0.692. The number of likely N-dealkylation sites (tertiary alicyclic amines) is 1. The largest absolute Gasteiger partial charge is 0.330 e. The van der Waals surface area contributed by atoms with E-state index < -0.39 is 0 Å². The first-order valence-corrected chi connectivity index (χ1v) is 6.41. The number of piperidine rings is 1. The molecule has 1 aliphatic heterocycles. The number of aryl methyl sites for hydroxylation is 1. The van der Waals surface area contributed by atoms with Crippen molar-refractivity contribution in [3.63, 3.8) is 0 Å². The van der Waals surface area contributed by atoms with Gasteiger partial charge in [-0.25, -0.2) is 9.97 Å². The third-order valence-corrected chi connectivity index (χ3v) is 3.64. The van der Waals surface area contributed by atoms with Crippen LogP contribution in [-0.2, 0) is 6.54 Å². The first-order chi connectivity index (χ1) is 8.19. The van der Waals surface area contributed by atoms with Crippen LogP contribution in [0.5, 0.6) is 0 Å². The Kier molecular flexibility index (Phi) is 4.07. The monoisotopic (exact) mass is 234 g/mol. The highest BCUT2D eigenvalue weighted by Crippen LogP contribution is 2.22. The third-order valence-electron chi connectivity index (χ3n) is 3.64. The molecule has 1 aromatic rings. The zero-order chi connectivity index (χ0) is 12.3. The van der Waals surface area contributed by atoms with Gasteiger partial charge < -0.3 is 5.73 Å². The van der Waals surface area contributed by atoms with Crippen molar-refractivity contribution in [1.29, 1.82) is 0 Å². The van der Waals surface area contributed by atoms with Gasteiger partial charge in [0.05, 0.1) is 5.69 Å². The lowest BCUT2D eigenvalue weighted by atomic mass is 9.93. The van der Waals surface area contributed by atoms with E-state index >= 15 is 0 Å². The fourth-order valence-corrected chi connectivity index (χ4v) is 2.48. The van der Waals surface area contributed by atoms with Crippen molar-refractivity contribution in [3.05, 3.63) is 23.8 Å². The lowest BCUT2D eigenvalue weighted by molar-refractivity contribution is 0.112. The van der Waals surface area contributed by atoms with Crippen LogP contribution in [0.2, 0.25) is 0 Å². The van der Waals surface area contributed by atoms with Crippen LogP contribution in [0.15, 0.2) is 12.3 Å². The van der Waals surface area contributed by atoms with E-state index in [1.54, 1.807) is 0 Å². The van der Waals surface area contributed by atoms with Crippen LogP contribution >= 0.6 is 0 Å². The van der Waals surface area contributed by atoms with Gasteiger partial charge in [-0.05, 0) is 45.2 Å². The first-order valence-electron chi connectivity index (χ1n) is 6.41. The Bertz CT molecular complexity index is 366. The molecule has 1 fully saturated rings. The molecular weight excluding hydrogens is 212 g/mol. The third kappa shape index (κ3) is 3.23. The Labute approximate surface area is 103 Å². The average Bonchev–Trinajstić information content (AvgIpc) is 2.32. The van der Waals surface area contributed by atoms with Crippen LogP contribution in [0.1, 0.15) is 31.3 Å². The maximum Gasteiger partial charge on any atom is 0.125 e. The van der Waals surface area contributed by atoms with Crippen LogP contribution < -0.4 is 5.73 Å². The van der Waals surface area contributed by atoms with Gasteiger partial charge in [-0.2, -0.15) is 0 Å². The predicted octanol–water partition coefficient (Wildman–Crippen LogP) is 1.34. The van der Waals surface area contributed by atoms with E-state index in [-0.39, 0.29) is 0 Å². The van der Waals surface area contributed by atoms with E-state index in [1.807, 2.05) is 19.2 Å². The Morgan fingerprint density at radius 3 is 3.00 bits per heavy atom. The van der Waals surface area contributed by atoms with Crippen LogP contribution in [0.4, 0.5) is 0 Å². The summed E-state index contributed by atoms with van der Waals surface area (Å²) in [6.07, 6.45) is 4.34. The molecule has 1 saturated heterocycles. The van der Waals surface area contributed by atoms with Gasteiger partial charge in [0.2, 0.25) is 0 Å². The van der Waals surface area contributed by atoms with Crippen LogP contribution in [0.25, 0.3) is 0 Å². The number of nitrogens with zero attached hydrogens (tertiary/aromatic N) is 3. The van der Waals surface area contributed by atoms with Crippen molar-refractivity contribution in [2.24, 2.45) is 11.7 Å². The molecule has 0 saturated carbocycles. The van der Waals surface area contributed by atoms with Crippen molar-refractivity contribution in [2.75, 3.05) is 13.1 Å². The summed E-state index contributed by atoms with van der Waals surface area (Å²) in [4.78, 5) is 11.1. The van der Waals surface area contributed by atoms with E-state index in [1.165, 1.54) is 12.8 Å². The molecule has 0 aliphatic carbocycles. The van der Waals surface area contributed by atoms with Gasteiger partial charge in [0.15, 0.2) is 0 Å². The SMILES string of the molecule is Cc1nccc(CN2CC(CN)CCC2C)n1. The minimum Gasteiger partial charge on any atom is -0.330 e. The number of rotatable bonds is 3. The molecule has 2 N–H and O–H groups in total. The molecule has 1 aromatic heterocycles. The Morgan fingerprint density at radius 1 is 1.47 bits per heavy atom. The summed E-state index contributed by atoms with van der Waals surface area (Å²) in [5, 5.41) is 0. The lowest BCUT2D eigenvalue weighted by Gasteiger charge is -2.37. The second kappa shape index (κ2) is 5.56. The van der Waals surface area contributed by atoms with Gasteiger partial charge >= 0.3 is 0 Å². The minimum atomic E-state index is 0.632. The number of aromatic nitrogens is 2. The molecule has 0 bridgehead atoms. The maximum atomic E-state index is 5.78. The molecule has 4 nitrogen and oxygen atoms in total. The summed E-state index contributed by atoms with van der Waals surface area (Å²) in [5.41, 5.74) is 6.89. The van der Waals surface area contributed by atoms with Crippen molar-refractivity contribution >= 4 is 0 Å². The molecule has 0 radical (unpaired) electrons. The quantitative estimate of drug-likeness (QED) is 0.857. The number of hydrogen-bond donors (Lipinski definition) is 1. The summed E-state index contributed by atoms with van der Waals surface area (Å²) < 4.78 is 0.